The number of aryl methyl sites for hydroxylation is 1. The Morgan fingerprint density at radius 3 is 2.23 bits per heavy atom. The Hall–Kier alpha value is -3.80. The van der Waals surface area contributed by atoms with Crippen LogP contribution in [-0.2, 0) is 10.3 Å². The molecule has 1 fully saturated rings. The molecule has 1 saturated carbocycles. The first-order chi connectivity index (χ1) is 19.2. The second-order valence-electron chi connectivity index (χ2n) is 11.3. The lowest BCUT2D eigenvalue weighted by atomic mass is 9.88. The van der Waals surface area contributed by atoms with Gasteiger partial charge in [0.25, 0.3) is 5.91 Å². The van der Waals surface area contributed by atoms with Crippen molar-refractivity contribution >= 4 is 11.8 Å². The summed E-state index contributed by atoms with van der Waals surface area (Å²) < 4.78 is 10.7. The van der Waals surface area contributed by atoms with Crippen molar-refractivity contribution in [1.82, 2.24) is 10.2 Å². The van der Waals surface area contributed by atoms with Gasteiger partial charge in [-0.3, -0.25) is 9.59 Å². The third-order valence-electron chi connectivity index (χ3n) is 8.15. The lowest BCUT2D eigenvalue weighted by Gasteiger charge is -2.36. The molecule has 1 aliphatic carbocycles. The number of nitrogens with zero attached hydrogens (tertiary/aromatic N) is 1. The molecule has 3 aromatic carbocycles. The van der Waals surface area contributed by atoms with E-state index in [0.717, 1.165) is 46.6 Å². The van der Waals surface area contributed by atoms with Crippen LogP contribution in [0.4, 0.5) is 0 Å². The van der Waals surface area contributed by atoms with Crippen molar-refractivity contribution < 1.29 is 19.1 Å². The minimum atomic E-state index is -0.344. The first-order valence-corrected chi connectivity index (χ1v) is 14.3. The summed E-state index contributed by atoms with van der Waals surface area (Å²) in [5.74, 6) is 1.97. The van der Waals surface area contributed by atoms with Crippen molar-refractivity contribution in [2.45, 2.75) is 71.4 Å². The van der Waals surface area contributed by atoms with Gasteiger partial charge in [-0.15, -0.1) is 0 Å². The fraction of sp³-hybridized carbons (Fsp3) is 0.412. The zero-order valence-corrected chi connectivity index (χ0v) is 24.4. The third kappa shape index (κ3) is 7.04. The van der Waals surface area contributed by atoms with Crippen molar-refractivity contribution in [3.63, 3.8) is 0 Å². The molecule has 6 heteroatoms. The van der Waals surface area contributed by atoms with E-state index in [1.807, 2.05) is 81.6 Å². The van der Waals surface area contributed by atoms with Crippen molar-refractivity contribution in [3.05, 3.63) is 95.1 Å². The van der Waals surface area contributed by atoms with Crippen molar-refractivity contribution in [1.29, 1.82) is 0 Å². The molecule has 212 valence electrons. The molecule has 0 bridgehead atoms. The van der Waals surface area contributed by atoms with E-state index in [-0.39, 0.29) is 36.1 Å². The summed E-state index contributed by atoms with van der Waals surface area (Å²) in [6.07, 6.45) is 5.67. The largest absolute Gasteiger partial charge is 0.454 e. The molecule has 3 aromatic rings. The fourth-order valence-electron chi connectivity index (χ4n) is 5.15. The van der Waals surface area contributed by atoms with Crippen molar-refractivity contribution in [2.24, 2.45) is 5.92 Å². The summed E-state index contributed by atoms with van der Waals surface area (Å²) >= 11 is 0. The van der Waals surface area contributed by atoms with Gasteiger partial charge < -0.3 is 19.7 Å². The van der Waals surface area contributed by atoms with Crippen LogP contribution in [-0.4, -0.2) is 30.6 Å². The number of hydrogen-bond acceptors (Lipinski definition) is 4. The quantitative estimate of drug-likeness (QED) is 0.358. The molecule has 1 unspecified atom stereocenters. The summed E-state index contributed by atoms with van der Waals surface area (Å²) in [4.78, 5) is 26.6. The highest BCUT2D eigenvalue weighted by atomic mass is 16.7. The Labute approximate surface area is 238 Å². The SMILES string of the molecule is CC(NC(=O)C1CCCCC1)c1ccc2c(c1)OCO2.Cc1ccc(C(=O)N(C)C(C)(C)c2ccccc2)cc1. The number of ether oxygens (including phenoxy) is 2. The maximum atomic E-state index is 12.6. The van der Waals surface area contributed by atoms with E-state index in [4.69, 9.17) is 9.47 Å². The van der Waals surface area contributed by atoms with Gasteiger partial charge in [-0.2, -0.15) is 0 Å². The van der Waals surface area contributed by atoms with Crippen LogP contribution in [0.3, 0.4) is 0 Å². The van der Waals surface area contributed by atoms with Gasteiger partial charge in [0.05, 0.1) is 11.6 Å². The minimum absolute atomic E-state index is 0.000994. The molecule has 2 aliphatic rings. The number of carbonyl (C=O) groups is 2. The molecule has 1 aliphatic heterocycles. The zero-order valence-electron chi connectivity index (χ0n) is 24.4. The van der Waals surface area contributed by atoms with Crippen LogP contribution in [0.1, 0.15) is 86.0 Å². The number of carbonyl (C=O) groups excluding carboxylic acids is 2. The standard InChI is InChI=1S/C18H21NO.C16H21NO3/c1-14-10-12-15(13-11-14)17(20)19(4)18(2,3)16-8-6-5-7-9-16;1-11(17-16(18)12-5-3-2-4-6-12)13-7-8-14-15(9-13)20-10-19-14/h5-13H,1-4H3;7-9,11-12H,2-6,10H2,1H3,(H,17,18). The highest BCUT2D eigenvalue weighted by Crippen LogP contribution is 2.34. The lowest BCUT2D eigenvalue weighted by molar-refractivity contribution is -0.126. The average Bonchev–Trinajstić information content (AvgIpc) is 3.46. The van der Waals surface area contributed by atoms with Crippen molar-refractivity contribution in [2.75, 3.05) is 13.8 Å². The van der Waals surface area contributed by atoms with Gasteiger partial charge in [-0.25, -0.2) is 0 Å². The van der Waals surface area contributed by atoms with Crippen LogP contribution in [0, 0.1) is 12.8 Å². The molecule has 6 nitrogen and oxygen atoms in total. The molecule has 0 aromatic heterocycles. The molecule has 0 spiro atoms. The predicted molar refractivity (Wildman–Crippen MR) is 158 cm³/mol. The predicted octanol–water partition coefficient (Wildman–Crippen LogP) is 7.18. The number of nitrogens with one attached hydrogen (secondary N) is 1. The van der Waals surface area contributed by atoms with Crippen LogP contribution >= 0.6 is 0 Å². The Morgan fingerprint density at radius 1 is 0.900 bits per heavy atom. The maximum absolute atomic E-state index is 12.6. The number of rotatable bonds is 6. The average molecular weight is 543 g/mol. The summed E-state index contributed by atoms with van der Waals surface area (Å²) in [6.45, 7) is 8.44. The van der Waals surface area contributed by atoms with E-state index in [1.165, 1.54) is 19.3 Å². The van der Waals surface area contributed by atoms with Crippen molar-refractivity contribution in [3.8, 4) is 11.5 Å². The molecule has 1 heterocycles. The van der Waals surface area contributed by atoms with E-state index in [2.05, 4.69) is 31.3 Å². The smallest absolute Gasteiger partial charge is 0.254 e. The topological polar surface area (TPSA) is 67.9 Å². The maximum Gasteiger partial charge on any atom is 0.254 e. The fourth-order valence-corrected chi connectivity index (χ4v) is 5.15. The molecule has 40 heavy (non-hydrogen) atoms. The van der Waals surface area contributed by atoms with Gasteiger partial charge in [0, 0.05) is 18.5 Å². The molecule has 1 N–H and O–H groups in total. The molecule has 1 atom stereocenters. The Bertz CT molecular complexity index is 1280. The Kier molecular flexibility index (Phi) is 9.51. The molecular weight excluding hydrogens is 500 g/mol. The number of benzene rings is 3. The van der Waals surface area contributed by atoms with Crippen LogP contribution in [0.15, 0.2) is 72.8 Å². The third-order valence-corrected chi connectivity index (χ3v) is 8.15. The number of amides is 2. The van der Waals surface area contributed by atoms with Crippen LogP contribution in [0.5, 0.6) is 11.5 Å². The Balaban J connectivity index is 0.000000185. The molecule has 2 amide bonds. The van der Waals surface area contributed by atoms with Gasteiger partial charge in [-0.1, -0.05) is 73.4 Å². The highest BCUT2D eigenvalue weighted by Gasteiger charge is 2.30. The van der Waals surface area contributed by atoms with E-state index < -0.39 is 0 Å². The van der Waals surface area contributed by atoms with E-state index >= 15 is 0 Å². The van der Waals surface area contributed by atoms with Gasteiger partial charge >= 0.3 is 0 Å². The first-order valence-electron chi connectivity index (χ1n) is 14.3. The minimum Gasteiger partial charge on any atom is -0.454 e. The zero-order chi connectivity index (χ0) is 28.7. The van der Waals surface area contributed by atoms with E-state index in [0.29, 0.717) is 0 Å². The highest BCUT2D eigenvalue weighted by molar-refractivity contribution is 5.94. The van der Waals surface area contributed by atoms with Crippen LogP contribution in [0.25, 0.3) is 0 Å². The van der Waals surface area contributed by atoms with Crippen LogP contribution in [0.2, 0.25) is 0 Å². The summed E-state index contributed by atoms with van der Waals surface area (Å²) in [5, 5.41) is 3.12. The Morgan fingerprint density at radius 2 is 1.55 bits per heavy atom. The monoisotopic (exact) mass is 542 g/mol. The molecule has 5 rings (SSSR count). The number of fused-ring (bicyclic) bond motifs is 1. The van der Waals surface area contributed by atoms with Gasteiger partial charge in [0.15, 0.2) is 11.5 Å². The molecule has 0 radical (unpaired) electrons. The first kappa shape index (κ1) is 29.2. The normalized spacial score (nSPS) is 15.4. The van der Waals surface area contributed by atoms with Gasteiger partial charge in [0.2, 0.25) is 12.7 Å². The van der Waals surface area contributed by atoms with Crippen LogP contribution < -0.4 is 14.8 Å². The second kappa shape index (κ2) is 13.0. The lowest BCUT2D eigenvalue weighted by Crippen LogP contribution is -2.42. The molecule has 0 saturated heterocycles. The number of hydrogen-bond donors (Lipinski definition) is 1. The second-order valence-corrected chi connectivity index (χ2v) is 11.3. The summed E-state index contributed by atoms with van der Waals surface area (Å²) in [5.41, 5.74) is 3.72. The van der Waals surface area contributed by atoms with E-state index in [1.54, 1.807) is 4.90 Å². The van der Waals surface area contributed by atoms with Gasteiger partial charge in [-0.05, 0) is 75.9 Å². The van der Waals surface area contributed by atoms with E-state index in [9.17, 15) is 9.59 Å². The summed E-state index contributed by atoms with van der Waals surface area (Å²) in [7, 11) is 1.86. The molecular formula is C34H42N2O4. The van der Waals surface area contributed by atoms with Gasteiger partial charge in [0.1, 0.15) is 0 Å². The summed E-state index contributed by atoms with van der Waals surface area (Å²) in [6, 6.07) is 23.6.